The van der Waals surface area contributed by atoms with E-state index in [9.17, 15) is 14.4 Å². The van der Waals surface area contributed by atoms with Crippen LogP contribution < -0.4 is 11.1 Å². The first kappa shape index (κ1) is 16.9. The number of amides is 3. The Balaban J connectivity index is 1.77. The number of likely N-dealkylation sites (tertiary alicyclic amines) is 1. The third-order valence-corrected chi connectivity index (χ3v) is 3.86. The minimum absolute atomic E-state index is 0.0734. The van der Waals surface area contributed by atoms with Crippen LogP contribution in [0.1, 0.15) is 53.0 Å². The Labute approximate surface area is 135 Å². The smallest absolute Gasteiger partial charge is 0.269 e. The molecule has 0 atom stereocenters. The quantitative estimate of drug-likeness (QED) is 0.833. The molecular weight excluding hydrogens is 296 g/mol. The lowest BCUT2D eigenvalue weighted by Crippen LogP contribution is -2.35. The Morgan fingerprint density at radius 2 is 1.83 bits per heavy atom. The summed E-state index contributed by atoms with van der Waals surface area (Å²) in [6, 6.07) is 2.89. The summed E-state index contributed by atoms with van der Waals surface area (Å²) in [6.45, 7) is 1.89. The summed E-state index contributed by atoms with van der Waals surface area (Å²) in [5.41, 5.74) is 5.55. The van der Waals surface area contributed by atoms with Gasteiger partial charge < -0.3 is 16.0 Å². The molecule has 0 aromatic carbocycles. The second-order valence-electron chi connectivity index (χ2n) is 5.60. The molecule has 1 saturated heterocycles. The molecule has 23 heavy (non-hydrogen) atoms. The maximum atomic E-state index is 12.1. The molecule has 3 amide bonds. The summed E-state index contributed by atoms with van der Waals surface area (Å²) in [4.78, 5) is 40.7. The first-order chi connectivity index (χ1) is 11.1. The summed E-state index contributed by atoms with van der Waals surface area (Å²) >= 11 is 0. The van der Waals surface area contributed by atoms with E-state index >= 15 is 0 Å². The monoisotopic (exact) mass is 318 g/mol. The predicted octanol–water partition coefficient (Wildman–Crippen LogP) is 0.703. The van der Waals surface area contributed by atoms with Crippen molar-refractivity contribution in [3.8, 4) is 0 Å². The van der Waals surface area contributed by atoms with Crippen molar-refractivity contribution in [2.75, 3.05) is 19.6 Å². The molecule has 0 bridgehead atoms. The van der Waals surface area contributed by atoms with Crippen LogP contribution in [-0.2, 0) is 4.79 Å². The van der Waals surface area contributed by atoms with Crippen molar-refractivity contribution in [2.24, 2.45) is 5.73 Å². The van der Waals surface area contributed by atoms with Crippen molar-refractivity contribution in [2.45, 2.75) is 32.1 Å². The number of hydrogen-bond acceptors (Lipinski definition) is 4. The van der Waals surface area contributed by atoms with E-state index < -0.39 is 5.91 Å². The van der Waals surface area contributed by atoms with E-state index in [0.717, 1.165) is 25.9 Å². The normalized spacial score (nSPS) is 14.9. The van der Waals surface area contributed by atoms with Gasteiger partial charge in [0.15, 0.2) is 0 Å². The zero-order chi connectivity index (χ0) is 16.7. The van der Waals surface area contributed by atoms with Crippen LogP contribution in [0.5, 0.6) is 0 Å². The summed E-state index contributed by atoms with van der Waals surface area (Å²) in [6.07, 6.45) is 5.99. The van der Waals surface area contributed by atoms with Gasteiger partial charge in [0.25, 0.3) is 5.91 Å². The molecular formula is C16H22N4O3. The number of primary amides is 1. The van der Waals surface area contributed by atoms with Crippen LogP contribution in [-0.4, -0.2) is 47.2 Å². The van der Waals surface area contributed by atoms with E-state index in [1.165, 1.54) is 31.2 Å². The maximum Gasteiger partial charge on any atom is 0.269 e. The van der Waals surface area contributed by atoms with Crippen molar-refractivity contribution < 1.29 is 14.4 Å². The van der Waals surface area contributed by atoms with Gasteiger partial charge in [-0.3, -0.25) is 19.4 Å². The molecule has 2 rings (SSSR count). The molecule has 0 aliphatic carbocycles. The van der Waals surface area contributed by atoms with E-state index in [1.54, 1.807) is 0 Å². The molecule has 0 spiro atoms. The molecule has 124 valence electrons. The number of hydrogen-bond donors (Lipinski definition) is 2. The molecule has 1 aliphatic heterocycles. The maximum absolute atomic E-state index is 12.1. The average Bonchev–Trinajstić information content (AvgIpc) is 2.84. The van der Waals surface area contributed by atoms with Gasteiger partial charge in [-0.05, 0) is 25.0 Å². The fourth-order valence-corrected chi connectivity index (χ4v) is 2.53. The standard InChI is InChI=1S/C16H22N4O3/c17-15(22)12-5-6-13(19-11-12)16(23)18-8-7-14(21)20-9-3-1-2-4-10-20/h5-6,11H,1-4,7-10H2,(H2,17,22)(H,18,23). The Bertz CT molecular complexity index is 563. The van der Waals surface area contributed by atoms with E-state index in [1.807, 2.05) is 4.90 Å². The fourth-order valence-electron chi connectivity index (χ4n) is 2.53. The molecule has 0 radical (unpaired) electrons. The Hall–Kier alpha value is -2.44. The Morgan fingerprint density at radius 3 is 2.39 bits per heavy atom. The second-order valence-corrected chi connectivity index (χ2v) is 5.60. The highest BCUT2D eigenvalue weighted by atomic mass is 16.2. The van der Waals surface area contributed by atoms with Gasteiger partial charge in [0.05, 0.1) is 5.56 Å². The molecule has 3 N–H and O–H groups in total. The lowest BCUT2D eigenvalue weighted by Gasteiger charge is -2.20. The first-order valence-electron chi connectivity index (χ1n) is 7.90. The van der Waals surface area contributed by atoms with Crippen LogP contribution in [0.4, 0.5) is 0 Å². The van der Waals surface area contributed by atoms with Gasteiger partial charge in [-0.1, -0.05) is 12.8 Å². The van der Waals surface area contributed by atoms with Crippen LogP contribution in [0.25, 0.3) is 0 Å². The molecule has 1 fully saturated rings. The number of carbonyl (C=O) groups excluding carboxylic acids is 3. The molecule has 7 nitrogen and oxygen atoms in total. The van der Waals surface area contributed by atoms with Crippen LogP contribution in [0.15, 0.2) is 18.3 Å². The lowest BCUT2D eigenvalue weighted by atomic mass is 10.2. The number of nitrogens with zero attached hydrogens (tertiary/aromatic N) is 2. The van der Waals surface area contributed by atoms with Crippen LogP contribution in [0.3, 0.4) is 0 Å². The largest absolute Gasteiger partial charge is 0.366 e. The highest BCUT2D eigenvalue weighted by Crippen LogP contribution is 2.10. The summed E-state index contributed by atoms with van der Waals surface area (Å²) in [5, 5.41) is 2.67. The third kappa shape index (κ3) is 5.05. The van der Waals surface area contributed by atoms with Crippen molar-refractivity contribution in [3.05, 3.63) is 29.6 Å². The summed E-state index contributed by atoms with van der Waals surface area (Å²) in [7, 11) is 0. The van der Waals surface area contributed by atoms with Crippen molar-refractivity contribution in [1.29, 1.82) is 0 Å². The van der Waals surface area contributed by atoms with Gasteiger partial charge >= 0.3 is 0 Å². The van der Waals surface area contributed by atoms with Crippen molar-refractivity contribution in [1.82, 2.24) is 15.2 Å². The summed E-state index contributed by atoms with van der Waals surface area (Å²) < 4.78 is 0. The van der Waals surface area contributed by atoms with E-state index in [0.29, 0.717) is 0 Å². The lowest BCUT2D eigenvalue weighted by molar-refractivity contribution is -0.131. The fraction of sp³-hybridized carbons (Fsp3) is 0.500. The van der Waals surface area contributed by atoms with Gasteiger partial charge in [-0.15, -0.1) is 0 Å². The number of nitrogens with two attached hydrogens (primary N) is 1. The van der Waals surface area contributed by atoms with Gasteiger partial charge in [-0.2, -0.15) is 0 Å². The Morgan fingerprint density at radius 1 is 1.13 bits per heavy atom. The van der Waals surface area contributed by atoms with Crippen LogP contribution >= 0.6 is 0 Å². The number of rotatable bonds is 5. The van der Waals surface area contributed by atoms with E-state index in [-0.39, 0.29) is 36.0 Å². The van der Waals surface area contributed by atoms with E-state index in [2.05, 4.69) is 10.3 Å². The highest BCUT2D eigenvalue weighted by molar-refractivity contribution is 5.95. The topological polar surface area (TPSA) is 105 Å². The van der Waals surface area contributed by atoms with Gasteiger partial charge in [0, 0.05) is 32.3 Å². The zero-order valence-electron chi connectivity index (χ0n) is 13.1. The minimum Gasteiger partial charge on any atom is -0.366 e. The minimum atomic E-state index is -0.590. The SMILES string of the molecule is NC(=O)c1ccc(C(=O)NCCC(=O)N2CCCCCC2)nc1. The predicted molar refractivity (Wildman–Crippen MR) is 84.8 cm³/mol. The number of aromatic nitrogens is 1. The number of nitrogens with one attached hydrogen (secondary N) is 1. The number of pyridine rings is 1. The van der Waals surface area contributed by atoms with E-state index in [4.69, 9.17) is 5.73 Å². The molecule has 7 heteroatoms. The molecule has 1 aromatic heterocycles. The summed E-state index contributed by atoms with van der Waals surface area (Å²) in [5.74, 6) is -0.888. The van der Waals surface area contributed by atoms with Crippen molar-refractivity contribution in [3.63, 3.8) is 0 Å². The van der Waals surface area contributed by atoms with Gasteiger partial charge in [0.1, 0.15) is 5.69 Å². The first-order valence-corrected chi connectivity index (χ1v) is 7.90. The second kappa shape index (κ2) is 8.26. The zero-order valence-corrected chi connectivity index (χ0v) is 13.1. The van der Waals surface area contributed by atoms with Crippen LogP contribution in [0.2, 0.25) is 0 Å². The molecule has 0 unspecified atom stereocenters. The molecule has 0 saturated carbocycles. The molecule has 2 heterocycles. The highest BCUT2D eigenvalue weighted by Gasteiger charge is 2.15. The molecule has 1 aliphatic rings. The van der Waals surface area contributed by atoms with Crippen molar-refractivity contribution >= 4 is 17.7 Å². The van der Waals surface area contributed by atoms with Gasteiger partial charge in [0.2, 0.25) is 11.8 Å². The Kier molecular flexibility index (Phi) is 6.08. The third-order valence-electron chi connectivity index (χ3n) is 3.86. The molecule has 1 aromatic rings. The van der Waals surface area contributed by atoms with Crippen LogP contribution in [0, 0.1) is 0 Å². The number of carbonyl (C=O) groups is 3. The average molecular weight is 318 g/mol. The van der Waals surface area contributed by atoms with Gasteiger partial charge in [-0.25, -0.2) is 0 Å².